The lowest BCUT2D eigenvalue weighted by Crippen LogP contribution is -2.37. The van der Waals surface area contributed by atoms with Crippen LogP contribution in [0.4, 0.5) is 24.7 Å². The molecule has 0 radical (unpaired) electrons. The lowest BCUT2D eigenvalue weighted by Gasteiger charge is -2.31. The summed E-state index contributed by atoms with van der Waals surface area (Å²) in [6.45, 7) is 3.06. The number of esters is 1. The zero-order valence-electron chi connectivity index (χ0n) is 18.4. The molecule has 1 saturated heterocycles. The largest absolute Gasteiger partial charge is 0.469 e. The van der Waals surface area contributed by atoms with Crippen molar-refractivity contribution in [2.75, 3.05) is 30.4 Å². The highest BCUT2D eigenvalue weighted by atomic mass is 19.3. The number of hydrogen-bond donors (Lipinski definition) is 1. The number of carbonyl (C=O) groups is 1. The molecule has 0 spiro atoms. The number of hydrogen-bond acceptors (Lipinski definition) is 6. The van der Waals surface area contributed by atoms with Gasteiger partial charge in [0.05, 0.1) is 36.3 Å². The molecule has 0 saturated carbocycles. The van der Waals surface area contributed by atoms with Crippen molar-refractivity contribution in [3.63, 3.8) is 0 Å². The molecule has 6 nitrogen and oxygen atoms in total. The van der Waals surface area contributed by atoms with Gasteiger partial charge in [-0.15, -0.1) is 0 Å². The van der Waals surface area contributed by atoms with Crippen molar-refractivity contribution < 1.29 is 22.7 Å². The Morgan fingerprint density at radius 2 is 1.91 bits per heavy atom. The zero-order valence-corrected chi connectivity index (χ0v) is 18.4. The normalized spacial score (nSPS) is 15.6. The number of carbonyl (C=O) groups excluding carboxylic acids is 1. The van der Waals surface area contributed by atoms with E-state index in [0.29, 0.717) is 37.1 Å². The Labute approximate surface area is 189 Å². The van der Waals surface area contributed by atoms with Crippen molar-refractivity contribution in [3.8, 4) is 0 Å². The van der Waals surface area contributed by atoms with Gasteiger partial charge in [0.2, 0.25) is 0 Å². The highest BCUT2D eigenvalue weighted by Crippen LogP contribution is 2.32. The number of anilines is 2. The monoisotopic (exact) mass is 458 g/mol. The lowest BCUT2D eigenvalue weighted by atomic mass is 9.97. The van der Waals surface area contributed by atoms with Crippen molar-refractivity contribution in [3.05, 3.63) is 59.7 Å². The molecule has 1 atom stereocenters. The van der Waals surface area contributed by atoms with Gasteiger partial charge in [0.1, 0.15) is 11.6 Å². The SMILES string of the molecule is COC(=O)C1CCN(c2cc3c(N[C@H](C)c4cccc(C(F)F)c4F)ccnc3cn2)CC1. The Balaban J connectivity index is 1.58. The number of ether oxygens (including phenoxy) is 1. The Kier molecular flexibility index (Phi) is 6.67. The molecule has 33 heavy (non-hydrogen) atoms. The predicted molar refractivity (Wildman–Crippen MR) is 120 cm³/mol. The number of rotatable bonds is 6. The van der Waals surface area contributed by atoms with Gasteiger partial charge in [-0.2, -0.15) is 0 Å². The first-order chi connectivity index (χ1) is 15.9. The maximum atomic E-state index is 14.6. The minimum Gasteiger partial charge on any atom is -0.469 e. The molecule has 0 amide bonds. The number of halogens is 3. The van der Waals surface area contributed by atoms with Crippen molar-refractivity contribution in [1.29, 1.82) is 0 Å². The average molecular weight is 458 g/mol. The molecular formula is C24H25F3N4O2. The summed E-state index contributed by atoms with van der Waals surface area (Å²) >= 11 is 0. The predicted octanol–water partition coefficient (Wildman–Crippen LogP) is 5.27. The molecule has 3 heterocycles. The summed E-state index contributed by atoms with van der Waals surface area (Å²) in [6, 6.07) is 7.15. The Morgan fingerprint density at radius 1 is 1.18 bits per heavy atom. The van der Waals surface area contributed by atoms with Crippen LogP contribution < -0.4 is 10.2 Å². The molecule has 0 aliphatic carbocycles. The van der Waals surface area contributed by atoms with Gasteiger partial charge in [-0.05, 0) is 31.9 Å². The van der Waals surface area contributed by atoms with Crippen LogP contribution in [0.3, 0.4) is 0 Å². The average Bonchev–Trinajstić information content (AvgIpc) is 2.83. The van der Waals surface area contributed by atoms with Crippen molar-refractivity contribution in [1.82, 2.24) is 9.97 Å². The fraction of sp³-hybridized carbons (Fsp3) is 0.375. The number of aromatic nitrogens is 2. The van der Waals surface area contributed by atoms with Crippen LogP contribution in [0.2, 0.25) is 0 Å². The van der Waals surface area contributed by atoms with Crippen molar-refractivity contribution in [2.45, 2.75) is 32.2 Å². The molecule has 9 heteroatoms. The van der Waals surface area contributed by atoms with Crippen LogP contribution in [0.1, 0.15) is 43.4 Å². The minimum atomic E-state index is -2.88. The van der Waals surface area contributed by atoms with E-state index in [1.54, 1.807) is 25.4 Å². The maximum absolute atomic E-state index is 14.6. The van der Waals surface area contributed by atoms with Gasteiger partial charge in [0.15, 0.2) is 0 Å². The number of methoxy groups -OCH3 is 1. The molecular weight excluding hydrogens is 433 g/mol. The molecule has 4 rings (SSSR count). The second-order valence-electron chi connectivity index (χ2n) is 8.12. The van der Waals surface area contributed by atoms with E-state index in [1.165, 1.54) is 19.2 Å². The Bertz CT molecular complexity index is 1150. The molecule has 174 valence electrons. The van der Waals surface area contributed by atoms with Crippen molar-refractivity contribution in [2.24, 2.45) is 5.92 Å². The van der Waals surface area contributed by atoms with Gasteiger partial charge < -0.3 is 15.0 Å². The van der Waals surface area contributed by atoms with E-state index in [2.05, 4.69) is 20.2 Å². The number of fused-ring (bicyclic) bond motifs is 1. The van der Waals surface area contributed by atoms with Gasteiger partial charge >= 0.3 is 5.97 Å². The van der Waals surface area contributed by atoms with Crippen LogP contribution in [0.5, 0.6) is 0 Å². The number of benzene rings is 1. The molecule has 0 unspecified atom stereocenters. The van der Waals surface area contributed by atoms with Crippen LogP contribution in [-0.4, -0.2) is 36.1 Å². The molecule has 3 aromatic rings. The molecule has 1 aliphatic rings. The summed E-state index contributed by atoms with van der Waals surface area (Å²) in [6.07, 6.45) is 1.77. The number of nitrogens with one attached hydrogen (secondary N) is 1. The second kappa shape index (κ2) is 9.64. The fourth-order valence-corrected chi connectivity index (χ4v) is 4.23. The molecule has 1 fully saturated rings. The van der Waals surface area contributed by atoms with E-state index in [1.807, 2.05) is 6.07 Å². The minimum absolute atomic E-state index is 0.106. The molecule has 0 bridgehead atoms. The van der Waals surface area contributed by atoms with Crippen LogP contribution in [0.25, 0.3) is 10.9 Å². The topological polar surface area (TPSA) is 67.3 Å². The van der Waals surface area contributed by atoms with Crippen LogP contribution in [0, 0.1) is 11.7 Å². The number of piperidine rings is 1. The van der Waals surface area contributed by atoms with Gasteiger partial charge in [0, 0.05) is 35.9 Å². The molecule has 1 N–H and O–H groups in total. The summed E-state index contributed by atoms with van der Waals surface area (Å²) in [4.78, 5) is 22.8. The Morgan fingerprint density at radius 3 is 2.61 bits per heavy atom. The number of pyridine rings is 2. The third kappa shape index (κ3) is 4.72. The van der Waals surface area contributed by atoms with Crippen LogP contribution in [-0.2, 0) is 9.53 Å². The van der Waals surface area contributed by atoms with Gasteiger partial charge in [-0.3, -0.25) is 9.78 Å². The number of alkyl halides is 2. The summed E-state index contributed by atoms with van der Waals surface area (Å²) in [7, 11) is 1.40. The van der Waals surface area contributed by atoms with Gasteiger partial charge in [-0.1, -0.05) is 18.2 Å². The van der Waals surface area contributed by atoms with E-state index in [-0.39, 0.29) is 17.5 Å². The second-order valence-corrected chi connectivity index (χ2v) is 8.12. The van der Waals surface area contributed by atoms with Crippen LogP contribution >= 0.6 is 0 Å². The first kappa shape index (κ1) is 22.8. The van der Waals surface area contributed by atoms with E-state index in [0.717, 1.165) is 17.3 Å². The smallest absolute Gasteiger partial charge is 0.308 e. The lowest BCUT2D eigenvalue weighted by molar-refractivity contribution is -0.146. The summed E-state index contributed by atoms with van der Waals surface area (Å²) < 4.78 is 45.7. The standard InChI is InChI=1S/C24H25F3N4O2/c1-14(16-4-3-5-17(22(16)25)23(26)27)30-19-6-9-28-20-13-29-21(12-18(19)20)31-10-7-15(8-11-31)24(32)33-2/h3-6,9,12-15,23H,7-8,10-11H2,1-2H3,(H,28,30)/t14-/m1/s1. The highest BCUT2D eigenvalue weighted by molar-refractivity contribution is 5.92. The third-order valence-corrected chi connectivity index (χ3v) is 6.10. The zero-order chi connectivity index (χ0) is 23.5. The highest BCUT2D eigenvalue weighted by Gasteiger charge is 2.26. The van der Waals surface area contributed by atoms with Crippen LogP contribution in [0.15, 0.2) is 42.7 Å². The van der Waals surface area contributed by atoms with Gasteiger partial charge in [-0.25, -0.2) is 18.2 Å². The third-order valence-electron chi connectivity index (χ3n) is 6.10. The number of nitrogens with zero attached hydrogens (tertiary/aromatic N) is 3. The molecule has 2 aromatic heterocycles. The molecule has 1 aliphatic heterocycles. The maximum Gasteiger partial charge on any atom is 0.308 e. The van der Waals surface area contributed by atoms with E-state index in [4.69, 9.17) is 4.74 Å². The fourth-order valence-electron chi connectivity index (χ4n) is 4.23. The van der Waals surface area contributed by atoms with E-state index < -0.39 is 23.8 Å². The summed E-state index contributed by atoms with van der Waals surface area (Å²) in [5.74, 6) is -0.443. The first-order valence-corrected chi connectivity index (χ1v) is 10.8. The summed E-state index contributed by atoms with van der Waals surface area (Å²) in [5, 5.41) is 4.02. The quantitative estimate of drug-likeness (QED) is 0.508. The van der Waals surface area contributed by atoms with Crippen molar-refractivity contribution >= 4 is 28.4 Å². The first-order valence-electron chi connectivity index (χ1n) is 10.8. The molecule has 1 aromatic carbocycles. The van der Waals surface area contributed by atoms with E-state index >= 15 is 0 Å². The van der Waals surface area contributed by atoms with E-state index in [9.17, 15) is 18.0 Å². The Hall–Kier alpha value is -3.36. The summed E-state index contributed by atoms with van der Waals surface area (Å²) in [5.41, 5.74) is 0.907. The van der Waals surface area contributed by atoms with Gasteiger partial charge in [0.25, 0.3) is 6.43 Å².